The summed E-state index contributed by atoms with van der Waals surface area (Å²) in [6.45, 7) is 2.43. The van der Waals surface area contributed by atoms with Crippen LogP contribution in [0.2, 0.25) is 10.0 Å². The van der Waals surface area contributed by atoms with Crippen LogP contribution >= 0.6 is 23.2 Å². The predicted octanol–water partition coefficient (Wildman–Crippen LogP) is 4.55. The molecule has 1 atom stereocenters. The highest BCUT2D eigenvalue weighted by atomic mass is 35.5. The first kappa shape index (κ1) is 17.8. The van der Waals surface area contributed by atoms with E-state index in [1.807, 2.05) is 31.2 Å². The Labute approximate surface area is 156 Å². The third-order valence-corrected chi connectivity index (χ3v) is 5.09. The van der Waals surface area contributed by atoms with Crippen molar-refractivity contribution in [3.63, 3.8) is 0 Å². The Morgan fingerprint density at radius 1 is 1.20 bits per heavy atom. The summed E-state index contributed by atoms with van der Waals surface area (Å²) in [5, 5.41) is 3.62. The van der Waals surface area contributed by atoms with E-state index in [9.17, 15) is 9.59 Å². The van der Waals surface area contributed by atoms with Crippen molar-refractivity contribution < 1.29 is 9.59 Å². The van der Waals surface area contributed by atoms with Gasteiger partial charge in [0.15, 0.2) is 0 Å². The maximum absolute atomic E-state index is 12.5. The molecular weight excluding hydrogens is 359 g/mol. The highest BCUT2D eigenvalue weighted by molar-refractivity contribution is 6.42. The van der Waals surface area contributed by atoms with Crippen LogP contribution in [-0.4, -0.2) is 18.4 Å². The zero-order chi connectivity index (χ0) is 18.0. The molecule has 2 amide bonds. The van der Waals surface area contributed by atoms with Crippen molar-refractivity contribution in [2.24, 2.45) is 5.92 Å². The van der Waals surface area contributed by atoms with Gasteiger partial charge in [-0.3, -0.25) is 9.59 Å². The van der Waals surface area contributed by atoms with Gasteiger partial charge in [0.2, 0.25) is 11.8 Å². The number of nitrogens with zero attached hydrogens (tertiary/aromatic N) is 1. The van der Waals surface area contributed by atoms with Crippen LogP contribution in [0.4, 0.5) is 11.4 Å². The summed E-state index contributed by atoms with van der Waals surface area (Å²) in [7, 11) is 0. The van der Waals surface area contributed by atoms with Gasteiger partial charge in [-0.25, -0.2) is 0 Å². The molecule has 1 unspecified atom stereocenters. The second-order valence-corrected chi connectivity index (χ2v) is 6.82. The van der Waals surface area contributed by atoms with Gasteiger partial charge < -0.3 is 10.2 Å². The van der Waals surface area contributed by atoms with Crippen molar-refractivity contribution in [1.82, 2.24) is 0 Å². The molecule has 1 N–H and O–H groups in total. The second-order valence-electron chi connectivity index (χ2n) is 6.01. The van der Waals surface area contributed by atoms with Gasteiger partial charge in [0.25, 0.3) is 0 Å². The number of hydrogen-bond acceptors (Lipinski definition) is 2. The third kappa shape index (κ3) is 3.80. The molecule has 0 aromatic heterocycles. The molecule has 130 valence electrons. The molecule has 25 heavy (non-hydrogen) atoms. The average molecular weight is 377 g/mol. The molecule has 0 radical (unpaired) electrons. The molecule has 0 saturated carbocycles. The zero-order valence-corrected chi connectivity index (χ0v) is 15.3. The molecule has 1 fully saturated rings. The Bertz CT molecular complexity index is 823. The normalized spacial score (nSPS) is 17.0. The fourth-order valence-electron chi connectivity index (χ4n) is 3.01. The Morgan fingerprint density at radius 3 is 2.68 bits per heavy atom. The molecule has 1 heterocycles. The summed E-state index contributed by atoms with van der Waals surface area (Å²) >= 11 is 11.9. The number of carbonyl (C=O) groups excluding carboxylic acids is 2. The summed E-state index contributed by atoms with van der Waals surface area (Å²) < 4.78 is 0. The van der Waals surface area contributed by atoms with Crippen LogP contribution in [0.5, 0.6) is 0 Å². The number of aryl methyl sites for hydroxylation is 1. The van der Waals surface area contributed by atoms with E-state index in [4.69, 9.17) is 23.2 Å². The summed E-state index contributed by atoms with van der Waals surface area (Å²) in [4.78, 5) is 26.6. The Morgan fingerprint density at radius 2 is 1.96 bits per heavy atom. The lowest BCUT2D eigenvalue weighted by molar-refractivity contribution is -0.122. The number of amides is 2. The molecule has 2 aromatic rings. The van der Waals surface area contributed by atoms with Gasteiger partial charge in [0.05, 0.1) is 16.0 Å². The number of anilines is 2. The summed E-state index contributed by atoms with van der Waals surface area (Å²) in [5.41, 5.74) is 2.56. The molecule has 2 aromatic carbocycles. The van der Waals surface area contributed by atoms with Crippen LogP contribution < -0.4 is 10.2 Å². The predicted molar refractivity (Wildman–Crippen MR) is 101 cm³/mol. The van der Waals surface area contributed by atoms with E-state index < -0.39 is 5.92 Å². The highest BCUT2D eigenvalue weighted by Gasteiger charge is 2.35. The van der Waals surface area contributed by atoms with Gasteiger partial charge in [-0.2, -0.15) is 0 Å². The van der Waals surface area contributed by atoms with E-state index in [1.54, 1.807) is 23.1 Å². The topological polar surface area (TPSA) is 49.4 Å². The van der Waals surface area contributed by atoms with Gasteiger partial charge in [-0.05, 0) is 36.2 Å². The zero-order valence-electron chi connectivity index (χ0n) is 13.8. The van der Waals surface area contributed by atoms with Crippen LogP contribution in [0.15, 0.2) is 42.5 Å². The van der Waals surface area contributed by atoms with Crippen molar-refractivity contribution in [2.75, 3.05) is 16.8 Å². The maximum Gasteiger partial charge on any atom is 0.229 e. The van der Waals surface area contributed by atoms with Crippen molar-refractivity contribution in [3.8, 4) is 0 Å². The van der Waals surface area contributed by atoms with E-state index >= 15 is 0 Å². The molecular formula is C19H18Cl2N2O2. The van der Waals surface area contributed by atoms with Crippen LogP contribution in [-0.2, 0) is 16.0 Å². The van der Waals surface area contributed by atoms with Crippen molar-refractivity contribution in [3.05, 3.63) is 58.1 Å². The van der Waals surface area contributed by atoms with E-state index in [2.05, 4.69) is 5.32 Å². The number of benzene rings is 2. The van der Waals surface area contributed by atoms with E-state index in [0.717, 1.165) is 17.7 Å². The first-order chi connectivity index (χ1) is 12.0. The van der Waals surface area contributed by atoms with E-state index in [-0.39, 0.29) is 18.2 Å². The quantitative estimate of drug-likeness (QED) is 0.850. The monoisotopic (exact) mass is 376 g/mol. The van der Waals surface area contributed by atoms with Crippen LogP contribution in [0.1, 0.15) is 18.9 Å². The standard InChI is InChI=1S/C19H18Cl2N2O2/c1-2-12-5-3-4-6-17(12)23-11-13(9-18(23)24)19(25)22-14-7-8-15(20)16(21)10-14/h3-8,10,13H,2,9,11H2,1H3,(H,22,25). The van der Waals surface area contributed by atoms with Crippen LogP contribution in [0, 0.1) is 5.92 Å². The van der Waals surface area contributed by atoms with Gasteiger partial charge in [0, 0.05) is 24.3 Å². The highest BCUT2D eigenvalue weighted by Crippen LogP contribution is 2.30. The lowest BCUT2D eigenvalue weighted by Gasteiger charge is -2.20. The smallest absolute Gasteiger partial charge is 0.229 e. The van der Waals surface area contributed by atoms with Crippen LogP contribution in [0.3, 0.4) is 0 Å². The SMILES string of the molecule is CCc1ccccc1N1CC(C(=O)Nc2ccc(Cl)c(Cl)c2)CC1=O. The Kier molecular flexibility index (Phi) is 5.30. The summed E-state index contributed by atoms with van der Waals surface area (Å²) in [5.74, 6) is -0.620. The van der Waals surface area contributed by atoms with Crippen molar-refractivity contribution in [1.29, 1.82) is 0 Å². The minimum atomic E-state index is -0.396. The first-order valence-electron chi connectivity index (χ1n) is 8.13. The van der Waals surface area contributed by atoms with Gasteiger partial charge in [0.1, 0.15) is 0 Å². The number of para-hydroxylation sites is 1. The fourth-order valence-corrected chi connectivity index (χ4v) is 3.31. The molecule has 6 heteroatoms. The number of carbonyl (C=O) groups is 2. The molecule has 0 aliphatic carbocycles. The molecule has 3 rings (SSSR count). The van der Waals surface area contributed by atoms with Gasteiger partial charge in [-0.1, -0.05) is 48.3 Å². The lowest BCUT2D eigenvalue weighted by atomic mass is 10.1. The molecule has 1 aliphatic rings. The third-order valence-electron chi connectivity index (χ3n) is 4.35. The molecule has 0 spiro atoms. The molecule has 1 aliphatic heterocycles. The maximum atomic E-state index is 12.5. The number of rotatable bonds is 4. The molecule has 1 saturated heterocycles. The van der Waals surface area contributed by atoms with Gasteiger partial charge in [-0.15, -0.1) is 0 Å². The summed E-state index contributed by atoms with van der Waals surface area (Å²) in [6.07, 6.45) is 1.03. The minimum absolute atomic E-state index is 0.0322. The number of halogens is 2. The lowest BCUT2D eigenvalue weighted by Crippen LogP contribution is -2.28. The number of nitrogens with one attached hydrogen (secondary N) is 1. The van der Waals surface area contributed by atoms with Crippen molar-refractivity contribution >= 4 is 46.4 Å². The number of hydrogen-bond donors (Lipinski definition) is 1. The fraction of sp³-hybridized carbons (Fsp3) is 0.263. The van der Waals surface area contributed by atoms with Gasteiger partial charge >= 0.3 is 0 Å². The Hall–Kier alpha value is -2.04. The Balaban J connectivity index is 1.73. The minimum Gasteiger partial charge on any atom is -0.326 e. The largest absolute Gasteiger partial charge is 0.326 e. The van der Waals surface area contributed by atoms with Crippen LogP contribution in [0.25, 0.3) is 0 Å². The average Bonchev–Trinajstić information content (AvgIpc) is 3.00. The molecule has 4 nitrogen and oxygen atoms in total. The van der Waals surface area contributed by atoms with E-state index in [1.165, 1.54) is 0 Å². The second kappa shape index (κ2) is 7.46. The first-order valence-corrected chi connectivity index (χ1v) is 8.89. The van der Waals surface area contributed by atoms with Crippen molar-refractivity contribution in [2.45, 2.75) is 19.8 Å². The summed E-state index contributed by atoms with van der Waals surface area (Å²) in [6, 6.07) is 12.7. The molecule has 0 bridgehead atoms. The van der Waals surface area contributed by atoms with E-state index in [0.29, 0.717) is 22.3 Å².